The Morgan fingerprint density at radius 1 is 0.898 bits per heavy atom. The highest BCUT2D eigenvalue weighted by molar-refractivity contribution is 5.45. The molecule has 5 rings (SSSR count). The third-order valence-electron chi connectivity index (χ3n) is 9.41. The van der Waals surface area contributed by atoms with Crippen molar-refractivity contribution in [1.82, 2.24) is 15.0 Å². The van der Waals surface area contributed by atoms with Gasteiger partial charge >= 0.3 is 0 Å². The molecule has 0 amide bonds. The predicted octanol–water partition coefficient (Wildman–Crippen LogP) is 8.83. The summed E-state index contributed by atoms with van der Waals surface area (Å²) in [5.41, 5.74) is 6.04. The number of ether oxygens (including phenoxy) is 3. The first-order valence-corrected chi connectivity index (χ1v) is 18.5. The second-order valence-corrected chi connectivity index (χ2v) is 13.7. The molecule has 2 aliphatic rings. The van der Waals surface area contributed by atoms with Gasteiger partial charge in [-0.25, -0.2) is 0 Å². The van der Waals surface area contributed by atoms with Crippen molar-refractivity contribution in [2.24, 2.45) is 5.92 Å². The van der Waals surface area contributed by atoms with Crippen LogP contribution in [0.3, 0.4) is 0 Å². The van der Waals surface area contributed by atoms with Crippen molar-refractivity contribution in [3.8, 4) is 0 Å². The standard InChI is InChI=1S/C16H26N2O2.C13H19NO.C10H15NO.C2H6/c1-12(2)13(3)16-6-5-14(9-17-16)18-7-8-20-15(10-18)11-19-4;1-10(2)13-4-3-12(9-14-13)11-5-7-15-8-6-11;1-4-10(3,12)9-6-5-8(2)11-7-9;1-2/h5-6,9,12-13,15H,7-8,10-11H2,1-4H3;3-4,9-11H,5-8H2,1-2H3;5-7,12H,4H2,1-3H3;1-2H3. The summed E-state index contributed by atoms with van der Waals surface area (Å²) in [4.78, 5) is 15.6. The lowest BCUT2D eigenvalue weighted by Crippen LogP contribution is -2.44. The number of hydrogen-bond donors (Lipinski definition) is 1. The highest BCUT2D eigenvalue weighted by Gasteiger charge is 2.22. The van der Waals surface area contributed by atoms with Crippen LogP contribution in [0.2, 0.25) is 0 Å². The van der Waals surface area contributed by atoms with Crippen molar-refractivity contribution in [3.63, 3.8) is 0 Å². The second kappa shape index (κ2) is 22.0. The van der Waals surface area contributed by atoms with Gasteiger partial charge in [-0.3, -0.25) is 15.0 Å². The number of methoxy groups -OCH3 is 1. The van der Waals surface area contributed by atoms with Gasteiger partial charge in [-0.05, 0) is 80.7 Å². The Balaban J connectivity index is 0.000000257. The lowest BCUT2D eigenvalue weighted by molar-refractivity contribution is -0.0100. The summed E-state index contributed by atoms with van der Waals surface area (Å²) in [6, 6.07) is 12.6. The first-order chi connectivity index (χ1) is 23.4. The number of anilines is 1. The quantitative estimate of drug-likeness (QED) is 0.240. The lowest BCUT2D eigenvalue weighted by Gasteiger charge is -2.34. The van der Waals surface area contributed by atoms with Crippen LogP contribution in [-0.2, 0) is 19.8 Å². The fourth-order valence-electron chi connectivity index (χ4n) is 5.46. The van der Waals surface area contributed by atoms with Crippen LogP contribution in [0, 0.1) is 12.8 Å². The minimum atomic E-state index is -0.735. The summed E-state index contributed by atoms with van der Waals surface area (Å²) in [5.74, 6) is 2.29. The Kier molecular flexibility index (Phi) is 19.0. The Bertz CT molecular complexity index is 1270. The van der Waals surface area contributed by atoms with Crippen molar-refractivity contribution in [1.29, 1.82) is 0 Å². The van der Waals surface area contributed by atoms with Gasteiger partial charge in [-0.1, -0.05) is 67.5 Å². The molecule has 8 heteroatoms. The van der Waals surface area contributed by atoms with E-state index in [2.05, 4.69) is 78.7 Å². The molecule has 0 radical (unpaired) electrons. The molecule has 274 valence electrons. The van der Waals surface area contributed by atoms with Gasteiger partial charge in [-0.2, -0.15) is 0 Å². The molecule has 3 aromatic heterocycles. The number of nitrogens with zero attached hydrogens (tertiary/aromatic N) is 4. The molecule has 2 saturated heterocycles. The van der Waals surface area contributed by atoms with E-state index in [0.29, 0.717) is 36.7 Å². The molecule has 1 N–H and O–H groups in total. The van der Waals surface area contributed by atoms with Gasteiger partial charge in [0.1, 0.15) is 0 Å². The van der Waals surface area contributed by atoms with Gasteiger partial charge in [0.15, 0.2) is 0 Å². The van der Waals surface area contributed by atoms with Crippen molar-refractivity contribution in [2.75, 3.05) is 51.5 Å². The Morgan fingerprint density at radius 3 is 2.08 bits per heavy atom. The largest absolute Gasteiger partial charge is 0.385 e. The summed E-state index contributed by atoms with van der Waals surface area (Å²) in [6.07, 6.45) is 8.92. The maximum Gasteiger partial charge on any atom is 0.0983 e. The monoisotopic (exact) mass is 679 g/mol. The van der Waals surface area contributed by atoms with Crippen LogP contribution in [-0.4, -0.2) is 72.8 Å². The Morgan fingerprint density at radius 2 is 1.57 bits per heavy atom. The number of rotatable bonds is 9. The highest BCUT2D eigenvalue weighted by atomic mass is 16.5. The van der Waals surface area contributed by atoms with E-state index in [-0.39, 0.29) is 6.10 Å². The average Bonchev–Trinajstić information content (AvgIpc) is 3.13. The van der Waals surface area contributed by atoms with Crippen LogP contribution in [0.25, 0.3) is 0 Å². The summed E-state index contributed by atoms with van der Waals surface area (Å²) < 4.78 is 16.2. The Labute approximate surface area is 298 Å². The number of aryl methyl sites for hydroxylation is 1. The van der Waals surface area contributed by atoms with Gasteiger partial charge in [0.2, 0.25) is 0 Å². The molecule has 3 aromatic rings. The topological polar surface area (TPSA) is 89.8 Å². The number of aliphatic hydroxyl groups is 1. The SMILES string of the molecule is CC.CC(C)c1ccc(C2CCOCC2)cn1.CCC(C)(O)c1ccc(C)nc1.COCC1CN(c2ccc(C(C)C(C)C)nc2)CCO1. The summed E-state index contributed by atoms with van der Waals surface area (Å²) in [5, 5.41) is 9.85. The molecule has 0 aliphatic carbocycles. The van der Waals surface area contributed by atoms with E-state index in [4.69, 9.17) is 14.2 Å². The molecule has 0 bridgehead atoms. The average molecular weight is 679 g/mol. The summed E-state index contributed by atoms with van der Waals surface area (Å²) in [7, 11) is 1.71. The molecular formula is C41H66N4O4. The first kappa shape index (κ1) is 42.3. The van der Waals surface area contributed by atoms with Crippen molar-refractivity contribution < 1.29 is 19.3 Å². The predicted molar refractivity (Wildman–Crippen MR) is 203 cm³/mol. The van der Waals surface area contributed by atoms with Gasteiger partial charge in [-0.15, -0.1) is 0 Å². The molecule has 2 fully saturated rings. The molecule has 3 unspecified atom stereocenters. The molecule has 2 aliphatic heterocycles. The molecular weight excluding hydrogens is 612 g/mol. The summed E-state index contributed by atoms with van der Waals surface area (Å²) >= 11 is 0. The fraction of sp³-hybridized carbons (Fsp3) is 0.634. The van der Waals surface area contributed by atoms with Crippen LogP contribution >= 0.6 is 0 Å². The van der Waals surface area contributed by atoms with Crippen molar-refractivity contribution in [2.45, 2.75) is 118 Å². The van der Waals surface area contributed by atoms with Gasteiger partial charge < -0.3 is 24.2 Å². The zero-order valence-corrected chi connectivity index (χ0v) is 32.4. The fourth-order valence-corrected chi connectivity index (χ4v) is 5.46. The minimum Gasteiger partial charge on any atom is -0.385 e. The van der Waals surface area contributed by atoms with Crippen molar-refractivity contribution >= 4 is 5.69 Å². The zero-order valence-electron chi connectivity index (χ0n) is 32.4. The van der Waals surface area contributed by atoms with Crippen LogP contribution in [0.4, 0.5) is 5.69 Å². The van der Waals surface area contributed by atoms with Crippen LogP contribution in [0.1, 0.15) is 128 Å². The molecule has 8 nitrogen and oxygen atoms in total. The number of hydrogen-bond acceptors (Lipinski definition) is 8. The molecule has 0 spiro atoms. The normalized spacial score (nSPS) is 18.2. The molecule has 3 atom stereocenters. The summed E-state index contributed by atoms with van der Waals surface area (Å²) in [6.45, 7) is 25.7. The van der Waals surface area contributed by atoms with E-state index in [1.807, 2.05) is 52.2 Å². The van der Waals surface area contributed by atoms with E-state index in [9.17, 15) is 5.11 Å². The molecule has 49 heavy (non-hydrogen) atoms. The zero-order chi connectivity index (χ0) is 36.4. The third-order valence-corrected chi connectivity index (χ3v) is 9.41. The van der Waals surface area contributed by atoms with E-state index in [1.165, 1.54) is 22.6 Å². The maximum absolute atomic E-state index is 9.85. The van der Waals surface area contributed by atoms with Gasteiger partial charge in [0, 0.05) is 74.4 Å². The minimum absolute atomic E-state index is 0.156. The van der Waals surface area contributed by atoms with Gasteiger partial charge in [0.25, 0.3) is 0 Å². The molecule has 5 heterocycles. The van der Waals surface area contributed by atoms with Crippen molar-refractivity contribution in [3.05, 3.63) is 83.2 Å². The van der Waals surface area contributed by atoms with Crippen LogP contribution in [0.5, 0.6) is 0 Å². The Hall–Kier alpha value is -2.91. The molecule has 0 aromatic carbocycles. The number of morpholine rings is 1. The van der Waals surface area contributed by atoms with E-state index >= 15 is 0 Å². The third kappa shape index (κ3) is 14.1. The number of aromatic nitrogens is 3. The smallest absolute Gasteiger partial charge is 0.0983 e. The highest BCUT2D eigenvalue weighted by Crippen LogP contribution is 2.27. The van der Waals surface area contributed by atoms with Gasteiger partial charge in [0.05, 0.1) is 36.8 Å². The number of pyridine rings is 3. The first-order valence-electron chi connectivity index (χ1n) is 18.5. The second-order valence-electron chi connectivity index (χ2n) is 13.7. The van der Waals surface area contributed by atoms with E-state index < -0.39 is 5.60 Å². The molecule has 0 saturated carbocycles. The lowest BCUT2D eigenvalue weighted by atomic mass is 9.92. The van der Waals surface area contributed by atoms with E-state index in [1.54, 1.807) is 20.2 Å². The van der Waals surface area contributed by atoms with Crippen LogP contribution < -0.4 is 4.90 Å². The maximum atomic E-state index is 9.85. The van der Waals surface area contributed by atoms with E-state index in [0.717, 1.165) is 57.0 Å². The van der Waals surface area contributed by atoms with Crippen LogP contribution in [0.15, 0.2) is 55.0 Å².